The fourth-order valence-corrected chi connectivity index (χ4v) is 3.18. The van der Waals surface area contributed by atoms with E-state index in [1.165, 1.54) is 0 Å². The van der Waals surface area contributed by atoms with Crippen LogP contribution in [0.4, 0.5) is 0 Å². The molecule has 1 fully saturated rings. The van der Waals surface area contributed by atoms with Crippen LogP contribution in [0.1, 0.15) is 11.1 Å². The van der Waals surface area contributed by atoms with E-state index in [1.54, 1.807) is 0 Å². The third kappa shape index (κ3) is 3.89. The van der Waals surface area contributed by atoms with Gasteiger partial charge in [0.15, 0.2) is 5.78 Å². The van der Waals surface area contributed by atoms with Crippen LogP contribution < -0.4 is 0 Å². The van der Waals surface area contributed by atoms with Gasteiger partial charge in [0.2, 0.25) is 0 Å². The number of hydrogen-bond donors (Lipinski definition) is 0. The number of Topliss-reactive ketones (excluding diaryl/α,β-unsaturated/α-hetero) is 1. The maximum absolute atomic E-state index is 12.7. The first kappa shape index (κ1) is 16.4. The molecule has 1 saturated heterocycles. The molecule has 0 radical (unpaired) electrons. The highest BCUT2D eigenvalue weighted by Gasteiger charge is 2.21. The second-order valence-electron chi connectivity index (χ2n) is 5.20. The quantitative estimate of drug-likeness (QED) is 0.602. The molecule has 116 valence electrons. The van der Waals surface area contributed by atoms with E-state index >= 15 is 0 Å². The number of ketones is 1. The molecule has 4 heteroatoms. The molecule has 0 bridgehead atoms. The molecule has 0 aliphatic carbocycles. The van der Waals surface area contributed by atoms with Crippen molar-refractivity contribution >= 4 is 49.8 Å². The summed E-state index contributed by atoms with van der Waals surface area (Å²) in [4.78, 5) is 12.7. The SMILES string of the molecule is O=C1/C(=C/c2ccccc2Br)COC/C1=C\c1ccccc1Br. The van der Waals surface area contributed by atoms with Gasteiger partial charge in [0, 0.05) is 20.1 Å². The zero-order valence-corrected chi connectivity index (χ0v) is 15.4. The maximum atomic E-state index is 12.7. The van der Waals surface area contributed by atoms with Crippen molar-refractivity contribution in [2.45, 2.75) is 0 Å². The molecule has 1 aliphatic rings. The Morgan fingerprint density at radius 1 is 0.783 bits per heavy atom. The zero-order valence-electron chi connectivity index (χ0n) is 12.3. The predicted molar refractivity (Wildman–Crippen MR) is 100 cm³/mol. The van der Waals surface area contributed by atoms with Crippen LogP contribution in [0.15, 0.2) is 68.6 Å². The Kier molecular flexibility index (Phi) is 5.26. The highest BCUT2D eigenvalue weighted by atomic mass is 79.9. The third-order valence-electron chi connectivity index (χ3n) is 3.57. The average Bonchev–Trinajstić information content (AvgIpc) is 2.55. The van der Waals surface area contributed by atoms with Gasteiger partial charge < -0.3 is 4.74 Å². The summed E-state index contributed by atoms with van der Waals surface area (Å²) in [7, 11) is 0. The lowest BCUT2D eigenvalue weighted by atomic mass is 9.98. The fourth-order valence-electron chi connectivity index (χ4n) is 2.38. The molecule has 0 amide bonds. The Morgan fingerprint density at radius 2 is 1.22 bits per heavy atom. The molecule has 23 heavy (non-hydrogen) atoms. The average molecular weight is 434 g/mol. The van der Waals surface area contributed by atoms with E-state index in [-0.39, 0.29) is 5.78 Å². The number of halogens is 2. The summed E-state index contributed by atoms with van der Waals surface area (Å²) in [5, 5.41) is 0. The Labute approximate surface area is 152 Å². The van der Waals surface area contributed by atoms with Gasteiger partial charge in [0.1, 0.15) is 0 Å². The van der Waals surface area contributed by atoms with Crippen LogP contribution in [-0.2, 0) is 9.53 Å². The Morgan fingerprint density at radius 3 is 1.65 bits per heavy atom. The maximum Gasteiger partial charge on any atom is 0.189 e. The van der Waals surface area contributed by atoms with Crippen molar-refractivity contribution in [2.24, 2.45) is 0 Å². The van der Waals surface area contributed by atoms with Gasteiger partial charge in [0.25, 0.3) is 0 Å². The molecule has 0 N–H and O–H groups in total. The van der Waals surface area contributed by atoms with E-state index in [2.05, 4.69) is 31.9 Å². The number of carbonyl (C=O) groups is 1. The van der Waals surface area contributed by atoms with E-state index in [1.807, 2.05) is 60.7 Å². The van der Waals surface area contributed by atoms with Gasteiger partial charge in [-0.3, -0.25) is 4.79 Å². The number of rotatable bonds is 2. The van der Waals surface area contributed by atoms with Crippen LogP contribution in [0.5, 0.6) is 0 Å². The summed E-state index contributed by atoms with van der Waals surface area (Å²) in [5.74, 6) is 0.0442. The highest BCUT2D eigenvalue weighted by molar-refractivity contribution is 9.10. The second-order valence-corrected chi connectivity index (χ2v) is 6.91. The fraction of sp³-hybridized carbons (Fsp3) is 0.105. The van der Waals surface area contributed by atoms with Crippen LogP contribution in [-0.4, -0.2) is 19.0 Å². The van der Waals surface area contributed by atoms with Gasteiger partial charge in [-0.1, -0.05) is 68.3 Å². The van der Waals surface area contributed by atoms with Crippen molar-refractivity contribution in [3.8, 4) is 0 Å². The first-order valence-corrected chi connectivity index (χ1v) is 8.76. The first-order chi connectivity index (χ1) is 11.1. The molecule has 1 heterocycles. The predicted octanol–water partition coefficient (Wildman–Crippen LogP) is 5.28. The molecule has 1 aliphatic heterocycles. The molecule has 2 aromatic carbocycles. The summed E-state index contributed by atoms with van der Waals surface area (Å²) >= 11 is 7.01. The Hall–Kier alpha value is -1.49. The zero-order chi connectivity index (χ0) is 16.2. The number of ether oxygens (including phenoxy) is 1. The van der Waals surface area contributed by atoms with E-state index in [0.717, 1.165) is 20.1 Å². The number of benzene rings is 2. The van der Waals surface area contributed by atoms with Crippen LogP contribution in [0.25, 0.3) is 12.2 Å². The largest absolute Gasteiger partial charge is 0.372 e. The Bertz CT molecular complexity index is 741. The number of hydrogen-bond acceptors (Lipinski definition) is 2. The van der Waals surface area contributed by atoms with Crippen LogP contribution >= 0.6 is 31.9 Å². The van der Waals surface area contributed by atoms with Gasteiger partial charge in [-0.05, 0) is 35.4 Å². The molecular weight excluding hydrogens is 420 g/mol. The minimum absolute atomic E-state index is 0.0442. The lowest BCUT2D eigenvalue weighted by molar-refractivity contribution is -0.114. The minimum Gasteiger partial charge on any atom is -0.372 e. The van der Waals surface area contributed by atoms with Gasteiger partial charge in [-0.25, -0.2) is 0 Å². The van der Waals surface area contributed by atoms with Gasteiger partial charge >= 0.3 is 0 Å². The van der Waals surface area contributed by atoms with Gasteiger partial charge in [0.05, 0.1) is 13.2 Å². The summed E-state index contributed by atoms with van der Waals surface area (Å²) < 4.78 is 7.52. The molecule has 0 aromatic heterocycles. The molecule has 3 rings (SSSR count). The number of carbonyl (C=O) groups excluding carboxylic acids is 1. The molecule has 0 atom stereocenters. The minimum atomic E-state index is 0.0442. The van der Waals surface area contributed by atoms with E-state index < -0.39 is 0 Å². The van der Waals surface area contributed by atoms with Crippen LogP contribution in [0, 0.1) is 0 Å². The molecule has 2 aromatic rings. The second kappa shape index (κ2) is 7.39. The first-order valence-electron chi connectivity index (χ1n) is 7.18. The molecule has 0 spiro atoms. The summed E-state index contributed by atoms with van der Waals surface area (Å²) in [6.07, 6.45) is 3.78. The lowest BCUT2D eigenvalue weighted by Crippen LogP contribution is -2.22. The lowest BCUT2D eigenvalue weighted by Gasteiger charge is -2.17. The van der Waals surface area contributed by atoms with Crippen LogP contribution in [0.3, 0.4) is 0 Å². The molecule has 0 unspecified atom stereocenters. The van der Waals surface area contributed by atoms with Crippen molar-refractivity contribution in [2.75, 3.05) is 13.2 Å². The highest BCUT2D eigenvalue weighted by Crippen LogP contribution is 2.25. The van der Waals surface area contributed by atoms with Crippen molar-refractivity contribution in [3.63, 3.8) is 0 Å². The van der Waals surface area contributed by atoms with Crippen molar-refractivity contribution in [3.05, 3.63) is 79.7 Å². The van der Waals surface area contributed by atoms with Crippen molar-refractivity contribution < 1.29 is 9.53 Å². The van der Waals surface area contributed by atoms with E-state index in [0.29, 0.717) is 24.4 Å². The monoisotopic (exact) mass is 432 g/mol. The standard InChI is InChI=1S/C19H14Br2O2/c20-17-7-3-1-5-13(17)9-15-11-23-12-16(19(15)22)10-14-6-2-4-8-18(14)21/h1-10H,11-12H2/b15-9+,16-10+. The van der Waals surface area contributed by atoms with Crippen molar-refractivity contribution in [1.82, 2.24) is 0 Å². The van der Waals surface area contributed by atoms with E-state index in [4.69, 9.17) is 4.74 Å². The molecule has 2 nitrogen and oxygen atoms in total. The summed E-state index contributed by atoms with van der Waals surface area (Å²) in [6, 6.07) is 15.6. The third-order valence-corrected chi connectivity index (χ3v) is 5.01. The summed E-state index contributed by atoms with van der Waals surface area (Å²) in [6.45, 7) is 0.681. The Balaban J connectivity index is 1.93. The summed E-state index contributed by atoms with van der Waals surface area (Å²) in [5.41, 5.74) is 3.28. The molecule has 0 saturated carbocycles. The smallest absolute Gasteiger partial charge is 0.189 e. The molecular formula is C19H14Br2O2. The van der Waals surface area contributed by atoms with Gasteiger partial charge in [-0.15, -0.1) is 0 Å². The van der Waals surface area contributed by atoms with Crippen LogP contribution in [0.2, 0.25) is 0 Å². The van der Waals surface area contributed by atoms with E-state index in [9.17, 15) is 4.79 Å². The topological polar surface area (TPSA) is 26.3 Å². The van der Waals surface area contributed by atoms with Crippen molar-refractivity contribution in [1.29, 1.82) is 0 Å². The normalized spacial score (nSPS) is 18.6. The van der Waals surface area contributed by atoms with Gasteiger partial charge in [-0.2, -0.15) is 0 Å².